The van der Waals surface area contributed by atoms with E-state index in [4.69, 9.17) is 5.73 Å². The molecular formula is C12H15N5O. The van der Waals surface area contributed by atoms with Crippen LogP contribution in [0.1, 0.15) is 28.9 Å². The molecular weight excluding hydrogens is 230 g/mol. The molecule has 0 bridgehead atoms. The van der Waals surface area contributed by atoms with E-state index in [0.29, 0.717) is 11.4 Å². The van der Waals surface area contributed by atoms with E-state index < -0.39 is 5.91 Å². The van der Waals surface area contributed by atoms with Crippen molar-refractivity contribution < 1.29 is 4.79 Å². The minimum absolute atomic E-state index is 0.220. The molecule has 0 fully saturated rings. The second-order valence-electron chi connectivity index (χ2n) is 4.00. The maximum atomic E-state index is 11.0. The van der Waals surface area contributed by atoms with Crippen LogP contribution in [0.4, 0.5) is 0 Å². The molecule has 0 aliphatic heterocycles. The largest absolute Gasteiger partial charge is 0.366 e. The third kappa shape index (κ3) is 2.38. The molecule has 2 aromatic heterocycles. The van der Waals surface area contributed by atoms with E-state index in [-0.39, 0.29) is 6.04 Å². The van der Waals surface area contributed by atoms with Crippen LogP contribution in [0.5, 0.6) is 0 Å². The van der Waals surface area contributed by atoms with Gasteiger partial charge in [-0.1, -0.05) is 0 Å². The molecule has 1 unspecified atom stereocenters. The van der Waals surface area contributed by atoms with Crippen molar-refractivity contribution >= 4 is 5.91 Å². The molecule has 3 N–H and O–H groups in total. The predicted molar refractivity (Wildman–Crippen MR) is 67.4 cm³/mol. The summed E-state index contributed by atoms with van der Waals surface area (Å²) in [7, 11) is 1.89. The number of hydrogen-bond donors (Lipinski definition) is 2. The highest BCUT2D eigenvalue weighted by molar-refractivity contribution is 5.92. The number of nitrogens with one attached hydrogen (secondary N) is 1. The molecule has 0 aliphatic rings. The lowest BCUT2D eigenvalue weighted by Crippen LogP contribution is -2.13. The zero-order valence-corrected chi connectivity index (χ0v) is 10.3. The Balaban J connectivity index is 2.35. The molecule has 1 atom stereocenters. The lowest BCUT2D eigenvalue weighted by Gasteiger charge is -2.11. The van der Waals surface area contributed by atoms with Gasteiger partial charge in [0.05, 0.1) is 11.8 Å². The lowest BCUT2D eigenvalue weighted by molar-refractivity contribution is 0.100. The molecule has 6 nitrogen and oxygen atoms in total. The molecule has 0 aromatic carbocycles. The van der Waals surface area contributed by atoms with Gasteiger partial charge in [-0.25, -0.2) is 9.67 Å². The van der Waals surface area contributed by atoms with Crippen molar-refractivity contribution in [1.29, 1.82) is 0 Å². The molecule has 1 amide bonds. The Kier molecular flexibility index (Phi) is 3.38. The van der Waals surface area contributed by atoms with Gasteiger partial charge in [-0.15, -0.1) is 0 Å². The summed E-state index contributed by atoms with van der Waals surface area (Å²) in [5.41, 5.74) is 6.64. The molecule has 6 heteroatoms. The van der Waals surface area contributed by atoms with Crippen LogP contribution < -0.4 is 11.1 Å². The first-order chi connectivity index (χ1) is 8.61. The normalized spacial score (nSPS) is 12.3. The standard InChI is InChI=1S/C12H15N5O/c1-8(14-2)9-3-4-15-11(5-9)17-7-10(6-16-17)12(13)18/h3-8,14H,1-2H3,(H2,13,18). The summed E-state index contributed by atoms with van der Waals surface area (Å²) < 4.78 is 1.53. The van der Waals surface area contributed by atoms with Crippen molar-refractivity contribution in [2.45, 2.75) is 13.0 Å². The molecule has 0 radical (unpaired) electrons. The van der Waals surface area contributed by atoms with Gasteiger partial charge in [-0.3, -0.25) is 4.79 Å². The van der Waals surface area contributed by atoms with Crippen LogP contribution in [0.15, 0.2) is 30.7 Å². The fourth-order valence-electron chi connectivity index (χ4n) is 1.57. The minimum atomic E-state index is -0.499. The van der Waals surface area contributed by atoms with Crippen molar-refractivity contribution in [3.63, 3.8) is 0 Å². The minimum Gasteiger partial charge on any atom is -0.366 e. The second-order valence-corrected chi connectivity index (χ2v) is 4.00. The number of rotatable bonds is 4. The Hall–Kier alpha value is -2.21. The van der Waals surface area contributed by atoms with E-state index in [0.717, 1.165) is 5.56 Å². The Labute approximate surface area is 105 Å². The number of aromatic nitrogens is 3. The smallest absolute Gasteiger partial charge is 0.251 e. The molecule has 94 valence electrons. The first-order valence-corrected chi connectivity index (χ1v) is 5.60. The number of hydrogen-bond acceptors (Lipinski definition) is 4. The summed E-state index contributed by atoms with van der Waals surface area (Å²) in [5.74, 6) is 0.156. The molecule has 2 rings (SSSR count). The van der Waals surface area contributed by atoms with Crippen molar-refractivity contribution in [3.8, 4) is 5.82 Å². The highest BCUT2D eigenvalue weighted by Gasteiger charge is 2.08. The van der Waals surface area contributed by atoms with Crippen molar-refractivity contribution in [2.75, 3.05) is 7.05 Å². The van der Waals surface area contributed by atoms with Crippen LogP contribution >= 0.6 is 0 Å². The predicted octanol–water partition coefficient (Wildman–Crippen LogP) is 0.647. The fourth-order valence-corrected chi connectivity index (χ4v) is 1.57. The van der Waals surface area contributed by atoms with Gasteiger partial charge in [0.25, 0.3) is 5.91 Å². The molecule has 0 saturated heterocycles. The van der Waals surface area contributed by atoms with E-state index in [1.54, 1.807) is 12.4 Å². The molecule has 0 saturated carbocycles. The number of amides is 1. The molecule has 0 spiro atoms. The summed E-state index contributed by atoms with van der Waals surface area (Å²) in [4.78, 5) is 15.2. The van der Waals surface area contributed by atoms with E-state index in [1.807, 2.05) is 19.2 Å². The van der Waals surface area contributed by atoms with Gasteiger partial charge in [-0.05, 0) is 31.7 Å². The topological polar surface area (TPSA) is 85.8 Å². The first-order valence-electron chi connectivity index (χ1n) is 5.60. The Bertz CT molecular complexity index is 563. The van der Waals surface area contributed by atoms with Crippen LogP contribution in [-0.4, -0.2) is 27.7 Å². The third-order valence-electron chi connectivity index (χ3n) is 2.80. The van der Waals surface area contributed by atoms with Gasteiger partial charge in [0.15, 0.2) is 5.82 Å². The van der Waals surface area contributed by atoms with Crippen molar-refractivity contribution in [3.05, 3.63) is 41.9 Å². The maximum Gasteiger partial charge on any atom is 0.251 e. The van der Waals surface area contributed by atoms with Gasteiger partial charge in [-0.2, -0.15) is 5.10 Å². The first kappa shape index (κ1) is 12.3. The Morgan fingerprint density at radius 2 is 2.33 bits per heavy atom. The SMILES string of the molecule is CNC(C)c1ccnc(-n2cc(C(N)=O)cn2)c1. The van der Waals surface area contributed by atoms with E-state index in [1.165, 1.54) is 10.9 Å². The average Bonchev–Trinajstić information content (AvgIpc) is 2.88. The summed E-state index contributed by atoms with van der Waals surface area (Å²) in [6.07, 6.45) is 4.71. The monoisotopic (exact) mass is 245 g/mol. The Morgan fingerprint density at radius 1 is 1.56 bits per heavy atom. The fraction of sp³-hybridized carbons (Fsp3) is 0.250. The molecule has 2 aromatic rings. The summed E-state index contributed by atoms with van der Waals surface area (Å²) in [6.45, 7) is 2.05. The average molecular weight is 245 g/mol. The summed E-state index contributed by atoms with van der Waals surface area (Å²) >= 11 is 0. The zero-order chi connectivity index (χ0) is 13.1. The van der Waals surface area contributed by atoms with Crippen molar-refractivity contribution in [2.24, 2.45) is 5.73 Å². The highest BCUT2D eigenvalue weighted by atomic mass is 16.1. The van der Waals surface area contributed by atoms with Crippen LogP contribution in [0.25, 0.3) is 5.82 Å². The van der Waals surface area contributed by atoms with Crippen LogP contribution in [-0.2, 0) is 0 Å². The quantitative estimate of drug-likeness (QED) is 0.828. The molecule has 18 heavy (non-hydrogen) atoms. The van der Waals surface area contributed by atoms with Gasteiger partial charge in [0, 0.05) is 18.4 Å². The van der Waals surface area contributed by atoms with Gasteiger partial charge in [0.2, 0.25) is 0 Å². The summed E-state index contributed by atoms with van der Waals surface area (Å²) in [6, 6.07) is 4.07. The lowest BCUT2D eigenvalue weighted by atomic mass is 10.1. The highest BCUT2D eigenvalue weighted by Crippen LogP contribution is 2.14. The number of primary amides is 1. The van der Waals surface area contributed by atoms with E-state index in [9.17, 15) is 4.79 Å². The summed E-state index contributed by atoms with van der Waals surface area (Å²) in [5, 5.41) is 7.22. The third-order valence-corrected chi connectivity index (χ3v) is 2.80. The van der Waals surface area contributed by atoms with E-state index >= 15 is 0 Å². The number of pyridine rings is 1. The van der Waals surface area contributed by atoms with Crippen LogP contribution in [0, 0.1) is 0 Å². The van der Waals surface area contributed by atoms with Gasteiger partial charge >= 0.3 is 0 Å². The van der Waals surface area contributed by atoms with E-state index in [2.05, 4.69) is 22.3 Å². The van der Waals surface area contributed by atoms with Crippen molar-refractivity contribution in [1.82, 2.24) is 20.1 Å². The number of carbonyl (C=O) groups excluding carboxylic acids is 1. The van der Waals surface area contributed by atoms with Gasteiger partial charge < -0.3 is 11.1 Å². The van der Waals surface area contributed by atoms with Gasteiger partial charge in [0.1, 0.15) is 0 Å². The molecule has 2 heterocycles. The number of nitrogens with zero attached hydrogens (tertiary/aromatic N) is 3. The Morgan fingerprint density at radius 3 is 2.94 bits per heavy atom. The number of nitrogens with two attached hydrogens (primary N) is 1. The second kappa shape index (κ2) is 4.97. The number of carbonyl (C=O) groups is 1. The maximum absolute atomic E-state index is 11.0. The zero-order valence-electron chi connectivity index (χ0n) is 10.3. The molecule has 0 aliphatic carbocycles. The van der Waals surface area contributed by atoms with Crippen LogP contribution in [0.3, 0.4) is 0 Å². The van der Waals surface area contributed by atoms with Crippen LogP contribution in [0.2, 0.25) is 0 Å².